The molecule has 140 valence electrons. The highest BCUT2D eigenvalue weighted by atomic mass is 32.1. The minimum absolute atomic E-state index is 0.141. The second-order valence-electron chi connectivity index (χ2n) is 6.02. The van der Waals surface area contributed by atoms with Gasteiger partial charge < -0.3 is 9.26 Å². The third-order valence-electron chi connectivity index (χ3n) is 4.06. The summed E-state index contributed by atoms with van der Waals surface area (Å²) in [5, 5.41) is 5.90. The van der Waals surface area contributed by atoms with Crippen molar-refractivity contribution in [1.29, 1.82) is 0 Å². The van der Waals surface area contributed by atoms with Gasteiger partial charge in [0.15, 0.2) is 6.10 Å². The molecule has 7 heteroatoms. The predicted molar refractivity (Wildman–Crippen MR) is 105 cm³/mol. The first-order valence-electron chi connectivity index (χ1n) is 8.81. The number of aryl methyl sites for hydroxylation is 1. The van der Waals surface area contributed by atoms with Gasteiger partial charge in [-0.15, -0.1) is 11.3 Å². The van der Waals surface area contributed by atoms with Crippen LogP contribution in [-0.2, 0) is 16.0 Å². The van der Waals surface area contributed by atoms with Gasteiger partial charge >= 0.3 is 5.97 Å². The van der Waals surface area contributed by atoms with E-state index < -0.39 is 6.10 Å². The molecule has 0 amide bonds. The summed E-state index contributed by atoms with van der Waals surface area (Å²) in [4.78, 5) is 22.1. The first-order valence-corrected chi connectivity index (χ1v) is 9.69. The van der Waals surface area contributed by atoms with E-state index in [1.165, 1.54) is 11.3 Å². The van der Waals surface area contributed by atoms with Gasteiger partial charge in [-0.25, -0.2) is 0 Å². The van der Waals surface area contributed by atoms with E-state index in [1.807, 2.05) is 66.0 Å². The van der Waals surface area contributed by atoms with Crippen molar-refractivity contribution < 1.29 is 14.1 Å². The van der Waals surface area contributed by atoms with E-state index in [-0.39, 0.29) is 12.4 Å². The molecule has 0 fully saturated rings. The molecule has 1 atom stereocenters. The van der Waals surface area contributed by atoms with Crippen molar-refractivity contribution in [2.45, 2.75) is 18.9 Å². The van der Waals surface area contributed by atoms with Gasteiger partial charge in [0.05, 0.1) is 17.0 Å². The average molecular weight is 391 g/mol. The molecule has 0 N–H and O–H groups in total. The van der Waals surface area contributed by atoms with E-state index in [0.717, 1.165) is 10.4 Å². The van der Waals surface area contributed by atoms with E-state index in [4.69, 9.17) is 9.26 Å². The van der Waals surface area contributed by atoms with E-state index in [0.29, 0.717) is 23.8 Å². The van der Waals surface area contributed by atoms with E-state index >= 15 is 0 Å². The Morgan fingerprint density at radius 1 is 1.07 bits per heavy atom. The Kier molecular flexibility index (Phi) is 5.53. The van der Waals surface area contributed by atoms with Crippen LogP contribution in [0, 0.1) is 0 Å². The average Bonchev–Trinajstić information content (AvgIpc) is 3.43. The fourth-order valence-corrected chi connectivity index (χ4v) is 3.37. The lowest BCUT2D eigenvalue weighted by Crippen LogP contribution is -2.14. The maximum Gasteiger partial charge on any atom is 0.307 e. The smallest absolute Gasteiger partial charge is 0.307 e. The highest BCUT2D eigenvalue weighted by molar-refractivity contribution is 7.13. The molecule has 3 aromatic heterocycles. The SMILES string of the molecule is O=C(CCc1nc(-c2cccs2)no1)O[C@H](c1ccccc1)c1ccccn1. The van der Waals surface area contributed by atoms with Crippen molar-refractivity contribution in [3.63, 3.8) is 0 Å². The first kappa shape index (κ1) is 18.1. The number of hydrogen-bond donors (Lipinski definition) is 0. The minimum Gasteiger partial charge on any atom is -0.451 e. The number of nitrogens with zero attached hydrogens (tertiary/aromatic N) is 3. The second-order valence-corrected chi connectivity index (χ2v) is 6.97. The summed E-state index contributed by atoms with van der Waals surface area (Å²) in [5.41, 5.74) is 1.55. The Bertz CT molecular complexity index is 978. The van der Waals surface area contributed by atoms with Crippen LogP contribution in [0.25, 0.3) is 10.7 Å². The normalized spacial score (nSPS) is 11.9. The zero-order valence-electron chi connectivity index (χ0n) is 14.9. The maximum atomic E-state index is 12.5. The summed E-state index contributed by atoms with van der Waals surface area (Å²) in [7, 11) is 0. The Balaban J connectivity index is 1.42. The Morgan fingerprint density at radius 3 is 2.68 bits per heavy atom. The number of benzene rings is 1. The zero-order chi connectivity index (χ0) is 19.2. The van der Waals surface area contributed by atoms with Gasteiger partial charge in [0.1, 0.15) is 0 Å². The number of esters is 1. The molecule has 4 rings (SSSR count). The Labute approximate surface area is 165 Å². The number of ether oxygens (including phenoxy) is 1. The molecule has 0 bridgehead atoms. The van der Waals surface area contributed by atoms with Crippen LogP contribution in [0.3, 0.4) is 0 Å². The standard InChI is InChI=1S/C21H17N3O3S/c25-19(12-11-18-23-21(24-27-18)17-10-6-14-28-17)26-20(15-7-2-1-3-8-15)16-9-4-5-13-22-16/h1-10,13-14,20H,11-12H2/t20-/m1/s1. The molecule has 6 nitrogen and oxygen atoms in total. The number of carbonyl (C=O) groups excluding carboxylic acids is 1. The summed E-state index contributed by atoms with van der Waals surface area (Å²) in [6.45, 7) is 0. The van der Waals surface area contributed by atoms with Gasteiger partial charge in [-0.2, -0.15) is 4.98 Å². The van der Waals surface area contributed by atoms with Crippen molar-refractivity contribution in [3.05, 3.63) is 89.4 Å². The van der Waals surface area contributed by atoms with Crippen LogP contribution in [-0.4, -0.2) is 21.1 Å². The van der Waals surface area contributed by atoms with Crippen LogP contribution in [0.2, 0.25) is 0 Å². The molecule has 1 aromatic carbocycles. The fraction of sp³-hybridized carbons (Fsp3) is 0.143. The molecule has 0 unspecified atom stereocenters. The van der Waals surface area contributed by atoms with Gasteiger partial charge in [-0.1, -0.05) is 47.6 Å². The van der Waals surface area contributed by atoms with Crippen molar-refractivity contribution in [3.8, 4) is 10.7 Å². The molecule has 28 heavy (non-hydrogen) atoms. The molecule has 0 radical (unpaired) electrons. The highest BCUT2D eigenvalue weighted by Gasteiger charge is 2.20. The van der Waals surface area contributed by atoms with Crippen molar-refractivity contribution in [1.82, 2.24) is 15.1 Å². The van der Waals surface area contributed by atoms with Gasteiger partial charge in [0.25, 0.3) is 0 Å². The zero-order valence-corrected chi connectivity index (χ0v) is 15.7. The molecule has 4 aromatic rings. The Morgan fingerprint density at radius 2 is 1.93 bits per heavy atom. The molecule has 0 spiro atoms. The number of pyridine rings is 1. The third kappa shape index (κ3) is 4.32. The van der Waals surface area contributed by atoms with Crippen LogP contribution in [0.1, 0.15) is 29.7 Å². The topological polar surface area (TPSA) is 78.1 Å². The molecular formula is C21H17N3O3S. The summed E-state index contributed by atoms with van der Waals surface area (Å²) < 4.78 is 11.0. The second kappa shape index (κ2) is 8.58. The summed E-state index contributed by atoms with van der Waals surface area (Å²) >= 11 is 1.53. The number of hydrogen-bond acceptors (Lipinski definition) is 7. The molecular weight excluding hydrogens is 374 g/mol. The van der Waals surface area contributed by atoms with Crippen molar-refractivity contribution >= 4 is 17.3 Å². The van der Waals surface area contributed by atoms with Crippen molar-refractivity contribution in [2.75, 3.05) is 0 Å². The monoisotopic (exact) mass is 391 g/mol. The first-order chi connectivity index (χ1) is 13.8. The summed E-state index contributed by atoms with van der Waals surface area (Å²) in [6, 6.07) is 18.9. The fourth-order valence-electron chi connectivity index (χ4n) is 2.72. The highest BCUT2D eigenvalue weighted by Crippen LogP contribution is 2.25. The Hall–Kier alpha value is -3.32. The van der Waals surface area contributed by atoms with Crippen LogP contribution in [0.5, 0.6) is 0 Å². The maximum absolute atomic E-state index is 12.5. The van der Waals surface area contributed by atoms with E-state index in [9.17, 15) is 4.79 Å². The van der Waals surface area contributed by atoms with Crippen LogP contribution < -0.4 is 0 Å². The number of rotatable bonds is 7. The lowest BCUT2D eigenvalue weighted by atomic mass is 10.1. The van der Waals surface area contributed by atoms with Crippen molar-refractivity contribution in [2.24, 2.45) is 0 Å². The number of thiophene rings is 1. The number of carbonyl (C=O) groups is 1. The molecule has 0 aliphatic heterocycles. The van der Waals surface area contributed by atoms with Crippen LogP contribution in [0.4, 0.5) is 0 Å². The minimum atomic E-state index is -0.556. The molecule has 0 saturated heterocycles. The molecule has 0 aliphatic carbocycles. The molecule has 3 heterocycles. The van der Waals surface area contributed by atoms with Gasteiger partial charge in [0, 0.05) is 12.6 Å². The van der Waals surface area contributed by atoms with Crippen LogP contribution in [0.15, 0.2) is 76.8 Å². The summed E-state index contributed by atoms with van der Waals surface area (Å²) in [6.07, 6.45) is 1.59. The molecule has 0 aliphatic rings. The third-order valence-corrected chi connectivity index (χ3v) is 4.93. The lowest BCUT2D eigenvalue weighted by molar-refractivity contribution is -0.147. The molecule has 0 saturated carbocycles. The van der Waals surface area contributed by atoms with Gasteiger partial charge in [0.2, 0.25) is 11.7 Å². The largest absolute Gasteiger partial charge is 0.451 e. The van der Waals surface area contributed by atoms with Crippen LogP contribution >= 0.6 is 11.3 Å². The van der Waals surface area contributed by atoms with Gasteiger partial charge in [-0.05, 0) is 29.1 Å². The van der Waals surface area contributed by atoms with E-state index in [2.05, 4.69) is 15.1 Å². The van der Waals surface area contributed by atoms with Gasteiger partial charge in [-0.3, -0.25) is 9.78 Å². The lowest BCUT2D eigenvalue weighted by Gasteiger charge is -2.17. The van der Waals surface area contributed by atoms with E-state index in [1.54, 1.807) is 6.20 Å². The predicted octanol–water partition coefficient (Wildman–Crippen LogP) is 4.46. The number of aromatic nitrogens is 3. The quantitative estimate of drug-likeness (QED) is 0.433. The summed E-state index contributed by atoms with van der Waals surface area (Å²) in [5.74, 6) is 0.596.